The predicted molar refractivity (Wildman–Crippen MR) is 107 cm³/mol. The van der Waals surface area contributed by atoms with E-state index in [1.54, 1.807) is 17.9 Å². The van der Waals surface area contributed by atoms with Gasteiger partial charge in [0, 0.05) is 25.7 Å². The van der Waals surface area contributed by atoms with Crippen molar-refractivity contribution in [2.75, 3.05) is 6.54 Å². The number of hydrogen-bond donors (Lipinski definition) is 1. The van der Waals surface area contributed by atoms with Crippen molar-refractivity contribution in [3.8, 4) is 11.8 Å². The Morgan fingerprint density at radius 1 is 1.33 bits per heavy atom. The second-order valence-electron chi connectivity index (χ2n) is 7.03. The molecule has 1 fully saturated rings. The summed E-state index contributed by atoms with van der Waals surface area (Å²) in [6, 6.07) is 9.86. The van der Waals surface area contributed by atoms with Gasteiger partial charge in [0.2, 0.25) is 5.91 Å². The Labute approximate surface area is 162 Å². The number of carbonyl (C=O) groups excluding carboxylic acids is 2. The molecule has 1 aliphatic rings. The summed E-state index contributed by atoms with van der Waals surface area (Å²) in [5.74, 6) is 6.42. The van der Waals surface area contributed by atoms with Gasteiger partial charge in [-0.3, -0.25) is 4.79 Å². The van der Waals surface area contributed by atoms with Crippen LogP contribution < -0.4 is 0 Å². The van der Waals surface area contributed by atoms with Crippen LogP contribution in [0.3, 0.4) is 0 Å². The van der Waals surface area contributed by atoms with Gasteiger partial charge >= 0.3 is 0 Å². The monoisotopic (exact) mass is 367 g/mol. The van der Waals surface area contributed by atoms with Gasteiger partial charge < -0.3 is 14.8 Å². The van der Waals surface area contributed by atoms with Gasteiger partial charge in [-0.05, 0) is 31.7 Å². The van der Waals surface area contributed by atoms with Crippen molar-refractivity contribution in [3.05, 3.63) is 48.0 Å². The average molecular weight is 367 g/mol. The van der Waals surface area contributed by atoms with Gasteiger partial charge in [-0.25, -0.2) is 0 Å². The van der Waals surface area contributed by atoms with Crippen LogP contribution in [0.15, 0.2) is 42.5 Å². The molecule has 1 heterocycles. The number of aliphatic hydroxyl groups excluding tert-OH is 1. The second kappa shape index (κ2) is 11.4. The van der Waals surface area contributed by atoms with Gasteiger partial charge in [0.25, 0.3) is 0 Å². The zero-order valence-corrected chi connectivity index (χ0v) is 16.1. The van der Waals surface area contributed by atoms with Crippen LogP contribution in [0.4, 0.5) is 0 Å². The third kappa shape index (κ3) is 7.80. The molecule has 0 radical (unpaired) electrons. The molecule has 1 aliphatic heterocycles. The number of piperidine rings is 1. The first kappa shape index (κ1) is 20.9. The minimum Gasteiger partial charge on any atom is -0.389 e. The summed E-state index contributed by atoms with van der Waals surface area (Å²) in [6.07, 6.45) is 8.06. The molecule has 2 atom stereocenters. The fraction of sp³-hybridized carbons (Fsp3) is 0.478. The molecule has 2 rings (SSSR count). The number of aliphatic hydroxyl groups is 1. The lowest BCUT2D eigenvalue weighted by atomic mass is 9.99. The third-order valence-electron chi connectivity index (χ3n) is 4.66. The molecular formula is C23H29NO3. The summed E-state index contributed by atoms with van der Waals surface area (Å²) < 4.78 is 0. The zero-order chi connectivity index (χ0) is 19.5. The second-order valence-corrected chi connectivity index (χ2v) is 7.03. The maximum atomic E-state index is 12.3. The number of benzene rings is 1. The van der Waals surface area contributed by atoms with Crippen molar-refractivity contribution in [1.82, 2.24) is 4.90 Å². The van der Waals surface area contributed by atoms with E-state index in [-0.39, 0.29) is 17.7 Å². The fourth-order valence-corrected chi connectivity index (χ4v) is 3.19. The topological polar surface area (TPSA) is 57.6 Å². The Balaban J connectivity index is 1.87. The number of unbranched alkanes of at least 4 members (excludes halogenated alkanes) is 1. The highest BCUT2D eigenvalue weighted by Gasteiger charge is 2.25. The number of likely N-dealkylation sites (tertiary alicyclic amines) is 1. The molecule has 27 heavy (non-hydrogen) atoms. The average Bonchev–Trinajstić information content (AvgIpc) is 2.65. The molecule has 0 saturated carbocycles. The highest BCUT2D eigenvalue weighted by molar-refractivity contribution is 5.78. The van der Waals surface area contributed by atoms with Crippen molar-refractivity contribution in [1.29, 1.82) is 0 Å². The Kier molecular flexibility index (Phi) is 8.80. The summed E-state index contributed by atoms with van der Waals surface area (Å²) in [7, 11) is 0. The first-order valence-electron chi connectivity index (χ1n) is 9.71. The maximum Gasteiger partial charge on any atom is 0.223 e. The molecule has 0 spiro atoms. The van der Waals surface area contributed by atoms with E-state index in [9.17, 15) is 14.7 Å². The Bertz CT molecular complexity index is 699. The van der Waals surface area contributed by atoms with E-state index in [0.29, 0.717) is 32.2 Å². The van der Waals surface area contributed by atoms with Crippen molar-refractivity contribution in [2.24, 2.45) is 0 Å². The van der Waals surface area contributed by atoms with E-state index < -0.39 is 6.10 Å². The lowest BCUT2D eigenvalue weighted by Gasteiger charge is -2.32. The van der Waals surface area contributed by atoms with Crippen molar-refractivity contribution < 1.29 is 14.7 Å². The minimum absolute atomic E-state index is 0.0109. The highest BCUT2D eigenvalue weighted by atomic mass is 16.3. The Morgan fingerprint density at radius 2 is 2.11 bits per heavy atom. The largest absolute Gasteiger partial charge is 0.389 e. The quantitative estimate of drug-likeness (QED) is 0.436. The van der Waals surface area contributed by atoms with E-state index in [2.05, 4.69) is 11.8 Å². The van der Waals surface area contributed by atoms with Crippen LogP contribution in [-0.2, 0) is 16.0 Å². The van der Waals surface area contributed by atoms with Gasteiger partial charge in [-0.2, -0.15) is 0 Å². The number of carbonyl (C=O) groups is 2. The van der Waals surface area contributed by atoms with Gasteiger partial charge in [-0.15, -0.1) is 5.92 Å². The lowest BCUT2D eigenvalue weighted by molar-refractivity contribution is -0.134. The van der Waals surface area contributed by atoms with E-state index in [1.807, 2.05) is 36.4 Å². The van der Waals surface area contributed by atoms with Gasteiger partial charge in [-0.1, -0.05) is 48.4 Å². The smallest absolute Gasteiger partial charge is 0.223 e. The van der Waals surface area contributed by atoms with Crippen LogP contribution in [0.5, 0.6) is 0 Å². The Hall–Kier alpha value is -2.38. The molecule has 0 aliphatic carbocycles. The van der Waals surface area contributed by atoms with Crippen LogP contribution in [0.25, 0.3) is 0 Å². The normalized spacial score (nSPS) is 18.2. The molecule has 1 N–H and O–H groups in total. The van der Waals surface area contributed by atoms with E-state index in [0.717, 1.165) is 24.8 Å². The van der Waals surface area contributed by atoms with Crippen LogP contribution in [0.1, 0.15) is 51.0 Å². The summed E-state index contributed by atoms with van der Waals surface area (Å²) >= 11 is 0. The number of hydrogen-bond acceptors (Lipinski definition) is 3. The summed E-state index contributed by atoms with van der Waals surface area (Å²) in [4.78, 5) is 25.0. The number of Topliss-reactive ketones (excluding diaryl/α,β-unsaturated/α-hetero) is 1. The molecule has 4 nitrogen and oxygen atoms in total. The van der Waals surface area contributed by atoms with Crippen molar-refractivity contribution in [2.45, 2.75) is 64.0 Å². The minimum atomic E-state index is -0.566. The molecule has 1 saturated heterocycles. The molecule has 1 amide bonds. The molecular weight excluding hydrogens is 338 g/mol. The molecule has 0 aromatic heterocycles. The van der Waals surface area contributed by atoms with E-state index in [1.165, 1.54) is 0 Å². The van der Waals surface area contributed by atoms with Gasteiger partial charge in [0.1, 0.15) is 5.78 Å². The highest BCUT2D eigenvalue weighted by Crippen LogP contribution is 2.19. The van der Waals surface area contributed by atoms with Crippen LogP contribution >= 0.6 is 0 Å². The van der Waals surface area contributed by atoms with E-state index in [4.69, 9.17) is 0 Å². The number of amides is 1. The molecule has 1 aromatic rings. The number of rotatable bonds is 8. The van der Waals surface area contributed by atoms with Gasteiger partial charge in [0.15, 0.2) is 0 Å². The van der Waals surface area contributed by atoms with Crippen LogP contribution in [-0.4, -0.2) is 40.4 Å². The standard InChI is InChI=1S/C23H29NO3/c1-19(25)10-5-2-3-8-17-24-21(13-9-14-23(24)27)15-16-22(26)18-20-11-6-4-7-12-20/h4,6-7,11-12,15-16,21-22,26H,2,5,9-10,13-14,17-18H2,1H3/b16-15+/t21-,22?/m1/s1. The fourth-order valence-electron chi connectivity index (χ4n) is 3.19. The lowest BCUT2D eigenvalue weighted by Crippen LogP contribution is -2.42. The van der Waals surface area contributed by atoms with E-state index >= 15 is 0 Å². The van der Waals surface area contributed by atoms with Crippen LogP contribution in [0, 0.1) is 11.8 Å². The molecule has 1 unspecified atom stereocenters. The summed E-state index contributed by atoms with van der Waals surface area (Å²) in [5.41, 5.74) is 1.09. The Morgan fingerprint density at radius 3 is 2.85 bits per heavy atom. The zero-order valence-electron chi connectivity index (χ0n) is 16.1. The van der Waals surface area contributed by atoms with Crippen LogP contribution in [0.2, 0.25) is 0 Å². The molecule has 0 bridgehead atoms. The SMILES string of the molecule is CC(=O)CCCC#CCN1C(=O)CCC[C@@H]1/C=C/C(O)Cc1ccccc1. The first-order chi connectivity index (χ1) is 13.1. The van der Waals surface area contributed by atoms with Crippen molar-refractivity contribution >= 4 is 11.7 Å². The molecule has 144 valence electrons. The first-order valence-corrected chi connectivity index (χ1v) is 9.71. The molecule has 1 aromatic carbocycles. The number of nitrogens with zero attached hydrogens (tertiary/aromatic N) is 1. The van der Waals surface area contributed by atoms with Crippen molar-refractivity contribution in [3.63, 3.8) is 0 Å². The maximum absolute atomic E-state index is 12.3. The summed E-state index contributed by atoms with van der Waals surface area (Å²) in [5, 5.41) is 10.3. The molecule has 4 heteroatoms. The predicted octanol–water partition coefficient (Wildman–Crippen LogP) is 3.29. The number of ketones is 1. The third-order valence-corrected chi connectivity index (χ3v) is 4.66. The van der Waals surface area contributed by atoms with Gasteiger partial charge in [0.05, 0.1) is 18.7 Å². The summed E-state index contributed by atoms with van der Waals surface area (Å²) in [6.45, 7) is 1.99.